The van der Waals surface area contributed by atoms with Crippen molar-refractivity contribution < 1.29 is 14.7 Å². The molecule has 17 heavy (non-hydrogen) atoms. The van der Waals surface area contributed by atoms with Gasteiger partial charge in [0.15, 0.2) is 5.84 Å². The molecule has 0 bridgehead atoms. The Morgan fingerprint density at radius 2 is 2.24 bits per heavy atom. The predicted molar refractivity (Wildman–Crippen MR) is 65.9 cm³/mol. The lowest BCUT2D eigenvalue weighted by Crippen LogP contribution is -2.50. The van der Waals surface area contributed by atoms with Crippen LogP contribution in [-0.4, -0.2) is 36.7 Å². The van der Waals surface area contributed by atoms with Gasteiger partial charge in [0, 0.05) is 19.8 Å². The summed E-state index contributed by atoms with van der Waals surface area (Å²) in [7, 11) is 1.61. The van der Waals surface area contributed by atoms with E-state index in [1.807, 2.05) is 13.8 Å². The van der Waals surface area contributed by atoms with Gasteiger partial charge in [-0.05, 0) is 26.7 Å². The van der Waals surface area contributed by atoms with Gasteiger partial charge < -0.3 is 21.0 Å². The van der Waals surface area contributed by atoms with Crippen LogP contribution in [0.1, 0.15) is 33.6 Å². The Labute approximate surface area is 102 Å². The highest BCUT2D eigenvalue weighted by atomic mass is 16.5. The Morgan fingerprint density at radius 1 is 1.65 bits per heavy atom. The highest BCUT2D eigenvalue weighted by molar-refractivity contribution is 6.06. The minimum absolute atomic E-state index is 0.0141. The molecule has 0 aromatic rings. The SMILES string of the molecule is CCC(C)(C(=O)NC(C)CCOC)C(N)=NO. The van der Waals surface area contributed by atoms with E-state index in [1.165, 1.54) is 0 Å². The summed E-state index contributed by atoms with van der Waals surface area (Å²) in [6.45, 7) is 5.94. The molecule has 6 nitrogen and oxygen atoms in total. The third kappa shape index (κ3) is 4.22. The van der Waals surface area contributed by atoms with E-state index in [9.17, 15) is 4.79 Å². The molecule has 0 aliphatic carbocycles. The zero-order valence-corrected chi connectivity index (χ0v) is 11.0. The van der Waals surface area contributed by atoms with Gasteiger partial charge in [-0.25, -0.2) is 0 Å². The average Bonchev–Trinajstić information content (AvgIpc) is 2.33. The standard InChI is InChI=1S/C11H23N3O3/c1-5-11(3,9(12)14-16)10(15)13-8(2)6-7-17-4/h8,16H,5-7H2,1-4H3,(H2,12,14)(H,13,15). The fourth-order valence-electron chi connectivity index (χ4n) is 1.32. The molecule has 2 unspecified atom stereocenters. The number of amidine groups is 1. The van der Waals surface area contributed by atoms with Gasteiger partial charge in [0.05, 0.1) is 0 Å². The zero-order valence-electron chi connectivity index (χ0n) is 11.0. The summed E-state index contributed by atoms with van der Waals surface area (Å²) < 4.78 is 4.93. The average molecular weight is 245 g/mol. The maximum atomic E-state index is 12.0. The molecule has 6 heteroatoms. The van der Waals surface area contributed by atoms with E-state index >= 15 is 0 Å². The van der Waals surface area contributed by atoms with Crippen LogP contribution in [0, 0.1) is 5.41 Å². The number of nitrogens with one attached hydrogen (secondary N) is 1. The molecule has 0 fully saturated rings. The van der Waals surface area contributed by atoms with Crippen LogP contribution < -0.4 is 11.1 Å². The van der Waals surface area contributed by atoms with Crippen LogP contribution in [0.5, 0.6) is 0 Å². The summed E-state index contributed by atoms with van der Waals surface area (Å²) in [6.07, 6.45) is 1.18. The molecule has 0 saturated carbocycles. The smallest absolute Gasteiger partial charge is 0.233 e. The molecule has 0 aliphatic heterocycles. The second kappa shape index (κ2) is 7.11. The first kappa shape index (κ1) is 15.7. The number of hydrogen-bond acceptors (Lipinski definition) is 4. The molecule has 1 amide bonds. The molecule has 0 aromatic carbocycles. The van der Waals surface area contributed by atoms with Crippen LogP contribution >= 0.6 is 0 Å². The monoisotopic (exact) mass is 245 g/mol. The van der Waals surface area contributed by atoms with Crippen molar-refractivity contribution in [2.24, 2.45) is 16.3 Å². The van der Waals surface area contributed by atoms with Crippen molar-refractivity contribution >= 4 is 11.7 Å². The fraction of sp³-hybridized carbons (Fsp3) is 0.818. The van der Waals surface area contributed by atoms with Crippen molar-refractivity contribution in [2.75, 3.05) is 13.7 Å². The van der Waals surface area contributed by atoms with E-state index in [1.54, 1.807) is 14.0 Å². The normalized spacial score (nSPS) is 17.3. The number of rotatable bonds is 7. The van der Waals surface area contributed by atoms with Crippen molar-refractivity contribution in [3.8, 4) is 0 Å². The van der Waals surface area contributed by atoms with Gasteiger partial charge >= 0.3 is 0 Å². The number of hydrogen-bond donors (Lipinski definition) is 3. The van der Waals surface area contributed by atoms with Gasteiger partial charge in [-0.15, -0.1) is 0 Å². The second-order valence-electron chi connectivity index (χ2n) is 4.33. The summed E-state index contributed by atoms with van der Waals surface area (Å²) in [5.74, 6) is -0.310. The molecule has 0 heterocycles. The summed E-state index contributed by atoms with van der Waals surface area (Å²) in [4.78, 5) is 12.0. The number of oxime groups is 1. The molecular formula is C11H23N3O3. The van der Waals surface area contributed by atoms with Crippen LogP contribution in [0.2, 0.25) is 0 Å². The van der Waals surface area contributed by atoms with Crippen molar-refractivity contribution in [2.45, 2.75) is 39.7 Å². The first-order valence-corrected chi connectivity index (χ1v) is 5.70. The van der Waals surface area contributed by atoms with Crippen LogP contribution in [0.3, 0.4) is 0 Å². The fourth-order valence-corrected chi connectivity index (χ4v) is 1.32. The number of ether oxygens (including phenoxy) is 1. The number of nitrogens with zero attached hydrogens (tertiary/aromatic N) is 1. The highest BCUT2D eigenvalue weighted by Gasteiger charge is 2.36. The number of carbonyl (C=O) groups is 1. The second-order valence-corrected chi connectivity index (χ2v) is 4.33. The lowest BCUT2D eigenvalue weighted by molar-refractivity contribution is -0.127. The van der Waals surface area contributed by atoms with Crippen molar-refractivity contribution in [1.29, 1.82) is 0 Å². The maximum Gasteiger partial charge on any atom is 0.233 e. The van der Waals surface area contributed by atoms with Crippen molar-refractivity contribution in [3.05, 3.63) is 0 Å². The quantitative estimate of drug-likeness (QED) is 0.266. The molecule has 0 radical (unpaired) electrons. The van der Waals surface area contributed by atoms with Crippen molar-refractivity contribution in [1.82, 2.24) is 5.32 Å². The van der Waals surface area contributed by atoms with E-state index < -0.39 is 5.41 Å². The van der Waals surface area contributed by atoms with Crippen LogP contribution in [-0.2, 0) is 9.53 Å². The summed E-state index contributed by atoms with van der Waals surface area (Å²) in [5.41, 5.74) is 4.58. The first-order chi connectivity index (χ1) is 7.92. The Bertz CT molecular complexity index is 281. The number of amides is 1. The number of carbonyl (C=O) groups excluding carboxylic acids is 1. The Kier molecular flexibility index (Phi) is 6.57. The number of nitrogens with two attached hydrogens (primary N) is 1. The minimum Gasteiger partial charge on any atom is -0.409 e. The van der Waals surface area contributed by atoms with Gasteiger partial charge in [-0.2, -0.15) is 0 Å². The predicted octanol–water partition coefficient (Wildman–Crippen LogP) is 0.690. The zero-order chi connectivity index (χ0) is 13.5. The molecule has 2 atom stereocenters. The summed E-state index contributed by atoms with van der Waals surface area (Å²) >= 11 is 0. The largest absolute Gasteiger partial charge is 0.409 e. The maximum absolute atomic E-state index is 12.0. The van der Waals surface area contributed by atoms with E-state index in [4.69, 9.17) is 15.7 Å². The van der Waals surface area contributed by atoms with Crippen LogP contribution in [0.4, 0.5) is 0 Å². The van der Waals surface area contributed by atoms with E-state index in [0.29, 0.717) is 13.0 Å². The third-order valence-electron chi connectivity index (χ3n) is 3.01. The Morgan fingerprint density at radius 3 is 2.65 bits per heavy atom. The molecule has 0 saturated heterocycles. The number of methoxy groups -OCH3 is 1. The molecule has 100 valence electrons. The summed E-state index contributed by atoms with van der Waals surface area (Å²) in [5, 5.41) is 14.5. The van der Waals surface area contributed by atoms with Gasteiger partial charge in [-0.1, -0.05) is 12.1 Å². The molecule has 0 aliphatic rings. The summed E-state index contributed by atoms with van der Waals surface area (Å²) in [6, 6.07) is -0.0141. The van der Waals surface area contributed by atoms with Crippen LogP contribution in [0.15, 0.2) is 5.16 Å². The Hall–Kier alpha value is -1.30. The van der Waals surface area contributed by atoms with Crippen LogP contribution in [0.25, 0.3) is 0 Å². The highest BCUT2D eigenvalue weighted by Crippen LogP contribution is 2.21. The molecular weight excluding hydrogens is 222 g/mol. The molecule has 0 spiro atoms. The van der Waals surface area contributed by atoms with Gasteiger partial charge in [-0.3, -0.25) is 4.79 Å². The molecule has 4 N–H and O–H groups in total. The van der Waals surface area contributed by atoms with Gasteiger partial charge in [0.25, 0.3) is 0 Å². The lowest BCUT2D eigenvalue weighted by Gasteiger charge is -2.27. The topological polar surface area (TPSA) is 96.9 Å². The molecule has 0 aromatic heterocycles. The van der Waals surface area contributed by atoms with Crippen molar-refractivity contribution in [3.63, 3.8) is 0 Å². The van der Waals surface area contributed by atoms with E-state index in [-0.39, 0.29) is 17.8 Å². The van der Waals surface area contributed by atoms with Gasteiger partial charge in [0.2, 0.25) is 5.91 Å². The van der Waals surface area contributed by atoms with E-state index in [0.717, 1.165) is 6.42 Å². The lowest BCUT2D eigenvalue weighted by atomic mass is 9.85. The third-order valence-corrected chi connectivity index (χ3v) is 3.01. The molecule has 0 rings (SSSR count). The van der Waals surface area contributed by atoms with Gasteiger partial charge in [0.1, 0.15) is 5.41 Å². The Balaban J connectivity index is 4.56. The minimum atomic E-state index is -0.976. The van der Waals surface area contributed by atoms with E-state index in [2.05, 4.69) is 10.5 Å². The first-order valence-electron chi connectivity index (χ1n) is 5.70.